The van der Waals surface area contributed by atoms with E-state index in [4.69, 9.17) is 9.47 Å². The van der Waals surface area contributed by atoms with Gasteiger partial charge in [-0.05, 0) is 38.0 Å². The van der Waals surface area contributed by atoms with E-state index in [-0.39, 0.29) is 37.4 Å². The lowest BCUT2D eigenvalue weighted by molar-refractivity contribution is -0.143. The van der Waals surface area contributed by atoms with Gasteiger partial charge in [-0.25, -0.2) is 4.79 Å². The highest BCUT2D eigenvalue weighted by Crippen LogP contribution is 2.22. The fraction of sp³-hybridized carbons (Fsp3) is 0.467. The molecular formula is C15H18F2O5. The second-order valence-electron chi connectivity index (χ2n) is 4.22. The maximum Gasteiger partial charge on any atom is 0.387 e. The molecule has 0 saturated heterocycles. The zero-order valence-electron chi connectivity index (χ0n) is 12.4. The number of benzene rings is 1. The van der Waals surface area contributed by atoms with Crippen LogP contribution in [0.15, 0.2) is 18.2 Å². The zero-order valence-corrected chi connectivity index (χ0v) is 12.4. The molecule has 1 aromatic rings. The van der Waals surface area contributed by atoms with Crippen molar-refractivity contribution in [1.29, 1.82) is 0 Å². The fourth-order valence-electron chi connectivity index (χ4n) is 1.82. The SMILES string of the molecule is CCOC(=O)CCc1ccc(OC(F)F)cc1C(=O)OCC. The van der Waals surface area contributed by atoms with Crippen LogP contribution in [0.5, 0.6) is 5.75 Å². The van der Waals surface area contributed by atoms with E-state index in [9.17, 15) is 18.4 Å². The van der Waals surface area contributed by atoms with Crippen LogP contribution in [0.25, 0.3) is 0 Å². The zero-order chi connectivity index (χ0) is 16.5. The molecule has 122 valence electrons. The number of alkyl halides is 2. The van der Waals surface area contributed by atoms with Crippen molar-refractivity contribution in [2.45, 2.75) is 33.3 Å². The van der Waals surface area contributed by atoms with Gasteiger partial charge in [-0.3, -0.25) is 4.79 Å². The van der Waals surface area contributed by atoms with Crippen LogP contribution in [0.3, 0.4) is 0 Å². The topological polar surface area (TPSA) is 61.8 Å². The summed E-state index contributed by atoms with van der Waals surface area (Å²) in [4.78, 5) is 23.3. The monoisotopic (exact) mass is 316 g/mol. The number of hydrogen-bond acceptors (Lipinski definition) is 5. The van der Waals surface area contributed by atoms with Crippen LogP contribution in [0, 0.1) is 0 Å². The maximum absolute atomic E-state index is 12.2. The number of halogens is 2. The van der Waals surface area contributed by atoms with Gasteiger partial charge in [0.1, 0.15) is 5.75 Å². The second kappa shape index (κ2) is 8.96. The van der Waals surface area contributed by atoms with Crippen molar-refractivity contribution in [2.75, 3.05) is 13.2 Å². The second-order valence-corrected chi connectivity index (χ2v) is 4.22. The summed E-state index contributed by atoms with van der Waals surface area (Å²) in [6.07, 6.45) is 0.317. The molecule has 0 spiro atoms. The molecule has 0 aliphatic carbocycles. The molecule has 0 heterocycles. The molecule has 7 heteroatoms. The Kier molecular flexibility index (Phi) is 7.28. The van der Waals surface area contributed by atoms with E-state index in [0.717, 1.165) is 0 Å². The number of rotatable bonds is 8. The first kappa shape index (κ1) is 17.9. The molecule has 0 fully saturated rings. The van der Waals surface area contributed by atoms with Gasteiger partial charge in [0, 0.05) is 6.42 Å². The largest absolute Gasteiger partial charge is 0.466 e. The third kappa shape index (κ3) is 5.67. The van der Waals surface area contributed by atoms with Crippen molar-refractivity contribution < 1.29 is 32.6 Å². The Morgan fingerprint density at radius 1 is 1.14 bits per heavy atom. The normalized spacial score (nSPS) is 10.4. The van der Waals surface area contributed by atoms with Gasteiger partial charge in [0.05, 0.1) is 18.8 Å². The molecule has 0 aliphatic heterocycles. The van der Waals surface area contributed by atoms with Crippen LogP contribution in [0.4, 0.5) is 8.78 Å². The predicted octanol–water partition coefficient (Wildman–Crippen LogP) is 2.96. The van der Waals surface area contributed by atoms with Crippen LogP contribution in [-0.2, 0) is 20.7 Å². The number of carbonyl (C=O) groups excluding carboxylic acids is 2. The van der Waals surface area contributed by atoms with Gasteiger partial charge in [0.2, 0.25) is 0 Å². The predicted molar refractivity (Wildman–Crippen MR) is 74.0 cm³/mol. The minimum absolute atomic E-state index is 0.0787. The summed E-state index contributed by atoms with van der Waals surface area (Å²) in [7, 11) is 0. The molecule has 0 amide bonds. The Morgan fingerprint density at radius 3 is 2.41 bits per heavy atom. The van der Waals surface area contributed by atoms with E-state index in [2.05, 4.69) is 4.74 Å². The molecule has 5 nitrogen and oxygen atoms in total. The maximum atomic E-state index is 12.2. The lowest BCUT2D eigenvalue weighted by Gasteiger charge is -2.11. The van der Waals surface area contributed by atoms with Gasteiger partial charge in [-0.2, -0.15) is 8.78 Å². The standard InChI is InChI=1S/C15H18F2O5/c1-3-20-13(18)8-6-10-5-7-11(22-15(16)17)9-12(10)14(19)21-4-2/h5,7,9,15H,3-4,6,8H2,1-2H3. The van der Waals surface area contributed by atoms with Gasteiger partial charge in [-0.15, -0.1) is 0 Å². The lowest BCUT2D eigenvalue weighted by atomic mass is 10.0. The number of ether oxygens (including phenoxy) is 3. The molecule has 0 N–H and O–H groups in total. The molecule has 0 saturated carbocycles. The quantitative estimate of drug-likeness (QED) is 0.690. The summed E-state index contributed by atoms with van der Waals surface area (Å²) < 4.78 is 38.4. The van der Waals surface area contributed by atoms with Gasteiger partial charge in [-0.1, -0.05) is 6.07 Å². The summed E-state index contributed by atoms with van der Waals surface area (Å²) in [6, 6.07) is 3.96. The Labute approximate surface area is 127 Å². The molecule has 0 bridgehead atoms. The number of esters is 2. The molecule has 1 aromatic carbocycles. The highest BCUT2D eigenvalue weighted by Gasteiger charge is 2.16. The Morgan fingerprint density at radius 2 is 1.82 bits per heavy atom. The smallest absolute Gasteiger partial charge is 0.387 e. The van der Waals surface area contributed by atoms with Crippen LogP contribution in [0.2, 0.25) is 0 Å². The van der Waals surface area contributed by atoms with Crippen molar-refractivity contribution in [3.05, 3.63) is 29.3 Å². The Hall–Kier alpha value is -2.18. The molecule has 0 aromatic heterocycles. The van der Waals surface area contributed by atoms with Gasteiger partial charge in [0.15, 0.2) is 0 Å². The molecule has 22 heavy (non-hydrogen) atoms. The van der Waals surface area contributed by atoms with Crippen LogP contribution in [-0.4, -0.2) is 31.8 Å². The molecule has 0 atom stereocenters. The van der Waals surface area contributed by atoms with Crippen LogP contribution in [0.1, 0.15) is 36.2 Å². The summed E-state index contributed by atoms with van der Waals surface area (Å²) >= 11 is 0. The molecule has 0 aliphatic rings. The van der Waals surface area contributed by atoms with Gasteiger partial charge in [0.25, 0.3) is 0 Å². The summed E-state index contributed by atoms with van der Waals surface area (Å²) in [5.41, 5.74) is 0.609. The molecule has 0 unspecified atom stereocenters. The average molecular weight is 316 g/mol. The average Bonchev–Trinajstić information content (AvgIpc) is 2.45. The van der Waals surface area contributed by atoms with Crippen LogP contribution < -0.4 is 4.74 Å². The van der Waals surface area contributed by atoms with Crippen molar-refractivity contribution in [3.8, 4) is 5.75 Å². The van der Waals surface area contributed by atoms with Crippen molar-refractivity contribution in [2.24, 2.45) is 0 Å². The van der Waals surface area contributed by atoms with Crippen LogP contribution >= 0.6 is 0 Å². The van der Waals surface area contributed by atoms with E-state index < -0.39 is 18.6 Å². The number of hydrogen-bond donors (Lipinski definition) is 0. The van der Waals surface area contributed by atoms with Crippen molar-refractivity contribution >= 4 is 11.9 Å². The first-order valence-corrected chi connectivity index (χ1v) is 6.88. The molecule has 0 radical (unpaired) electrons. The van der Waals surface area contributed by atoms with Gasteiger partial charge >= 0.3 is 18.6 Å². The Balaban J connectivity index is 2.93. The molecular weight excluding hydrogens is 298 g/mol. The lowest BCUT2D eigenvalue weighted by Crippen LogP contribution is -2.12. The minimum Gasteiger partial charge on any atom is -0.466 e. The third-order valence-corrected chi connectivity index (χ3v) is 2.71. The minimum atomic E-state index is -2.99. The van der Waals surface area contributed by atoms with E-state index in [1.807, 2.05) is 0 Å². The highest BCUT2D eigenvalue weighted by molar-refractivity contribution is 5.91. The first-order chi connectivity index (χ1) is 10.5. The summed E-state index contributed by atoms with van der Waals surface area (Å²) in [5, 5.41) is 0. The van der Waals surface area contributed by atoms with Gasteiger partial charge < -0.3 is 14.2 Å². The number of aryl methyl sites for hydroxylation is 1. The first-order valence-electron chi connectivity index (χ1n) is 6.88. The number of carbonyl (C=O) groups is 2. The molecule has 1 rings (SSSR count). The Bertz CT molecular complexity index is 517. The van der Waals surface area contributed by atoms with E-state index in [1.54, 1.807) is 13.8 Å². The third-order valence-electron chi connectivity index (χ3n) is 2.71. The summed E-state index contributed by atoms with van der Waals surface area (Å²) in [5.74, 6) is -1.19. The summed E-state index contributed by atoms with van der Waals surface area (Å²) in [6.45, 7) is 0.759. The van der Waals surface area contributed by atoms with Crippen molar-refractivity contribution in [3.63, 3.8) is 0 Å². The van der Waals surface area contributed by atoms with E-state index in [0.29, 0.717) is 5.56 Å². The highest BCUT2D eigenvalue weighted by atomic mass is 19.3. The van der Waals surface area contributed by atoms with E-state index >= 15 is 0 Å². The van der Waals surface area contributed by atoms with E-state index in [1.165, 1.54) is 18.2 Å². The van der Waals surface area contributed by atoms with Crippen molar-refractivity contribution in [1.82, 2.24) is 0 Å². The fourth-order valence-corrected chi connectivity index (χ4v) is 1.82.